The van der Waals surface area contributed by atoms with Gasteiger partial charge >= 0.3 is 0 Å². The van der Waals surface area contributed by atoms with Crippen molar-refractivity contribution >= 4 is 12.6 Å². The van der Waals surface area contributed by atoms with Crippen molar-refractivity contribution in [3.8, 4) is 5.88 Å². The number of rotatable bonds is 3. The number of nitrogens with zero attached hydrogens (tertiary/aromatic N) is 2. The fraction of sp³-hybridized carbons (Fsp3) is 0.0909. The average Bonchev–Trinajstić information content (AvgIpc) is 2.30. The first-order valence-corrected chi connectivity index (χ1v) is 4.99. The van der Waals surface area contributed by atoms with Gasteiger partial charge in [-0.3, -0.25) is 0 Å². The smallest absolute Gasteiger partial charge is 0.233 e. The molecule has 0 fully saturated rings. The topological polar surface area (TPSA) is 35.0 Å². The van der Waals surface area contributed by atoms with Crippen LogP contribution in [0.1, 0.15) is 5.56 Å². The summed E-state index contributed by atoms with van der Waals surface area (Å²) in [6, 6.07) is 13.4. The van der Waals surface area contributed by atoms with Gasteiger partial charge in [-0.25, -0.2) is 0 Å². The molecule has 2 aromatic rings. The highest BCUT2D eigenvalue weighted by Crippen LogP contribution is 2.09. The Hall–Kier alpha value is -1.55. The minimum atomic E-state index is 0.501. The maximum absolute atomic E-state index is 5.44. The third-order valence-corrected chi connectivity index (χ3v) is 2.09. The zero-order chi connectivity index (χ0) is 10.5. The number of aromatic nitrogens is 2. The van der Waals surface area contributed by atoms with E-state index in [0.717, 1.165) is 5.56 Å². The second-order valence-corrected chi connectivity index (χ2v) is 3.46. The molecule has 3 nitrogen and oxygen atoms in total. The molecule has 15 heavy (non-hydrogen) atoms. The summed E-state index contributed by atoms with van der Waals surface area (Å²) in [7, 11) is 0. The van der Waals surface area contributed by atoms with E-state index in [1.54, 1.807) is 12.1 Å². The van der Waals surface area contributed by atoms with Crippen molar-refractivity contribution in [3.63, 3.8) is 0 Å². The van der Waals surface area contributed by atoms with Crippen LogP contribution in [0.2, 0.25) is 0 Å². The highest BCUT2D eigenvalue weighted by Gasteiger charge is 1.96. The SMILES string of the molecule is Sc1ccc(OCc2ccccc2)nn1. The van der Waals surface area contributed by atoms with Crippen molar-refractivity contribution < 1.29 is 4.74 Å². The monoisotopic (exact) mass is 218 g/mol. The minimum absolute atomic E-state index is 0.501. The molecule has 0 unspecified atom stereocenters. The van der Waals surface area contributed by atoms with Gasteiger partial charge in [0.2, 0.25) is 5.88 Å². The van der Waals surface area contributed by atoms with Gasteiger partial charge in [0, 0.05) is 6.07 Å². The number of hydrogen-bond acceptors (Lipinski definition) is 4. The normalized spacial score (nSPS) is 9.93. The zero-order valence-electron chi connectivity index (χ0n) is 8.00. The lowest BCUT2D eigenvalue weighted by atomic mass is 10.2. The molecule has 0 aliphatic carbocycles. The lowest BCUT2D eigenvalue weighted by Crippen LogP contribution is -1.97. The Kier molecular flexibility index (Phi) is 3.19. The molecule has 0 radical (unpaired) electrons. The molecular weight excluding hydrogens is 208 g/mol. The van der Waals surface area contributed by atoms with Crippen LogP contribution in [0.15, 0.2) is 47.5 Å². The van der Waals surface area contributed by atoms with Crippen molar-refractivity contribution in [2.45, 2.75) is 11.6 Å². The number of hydrogen-bond donors (Lipinski definition) is 1. The van der Waals surface area contributed by atoms with E-state index < -0.39 is 0 Å². The molecule has 1 aromatic carbocycles. The first kappa shape index (κ1) is 9.98. The van der Waals surface area contributed by atoms with E-state index in [1.165, 1.54) is 0 Å². The standard InChI is InChI=1S/C11H10N2OS/c15-11-7-6-10(12-13-11)14-8-9-4-2-1-3-5-9/h1-7H,8H2,(H,13,15). The third-order valence-electron chi connectivity index (χ3n) is 1.86. The van der Waals surface area contributed by atoms with E-state index in [2.05, 4.69) is 22.8 Å². The summed E-state index contributed by atoms with van der Waals surface area (Å²) in [4.78, 5) is 0. The molecule has 0 saturated carbocycles. The Morgan fingerprint density at radius 3 is 2.47 bits per heavy atom. The molecule has 4 heteroatoms. The molecule has 0 spiro atoms. The van der Waals surface area contributed by atoms with Crippen LogP contribution in [0.5, 0.6) is 5.88 Å². The molecule has 0 saturated heterocycles. The van der Waals surface area contributed by atoms with E-state index in [9.17, 15) is 0 Å². The molecule has 1 aromatic heterocycles. The Balaban J connectivity index is 1.96. The summed E-state index contributed by atoms with van der Waals surface area (Å²) < 4.78 is 5.44. The Morgan fingerprint density at radius 1 is 1.00 bits per heavy atom. The van der Waals surface area contributed by atoms with Crippen molar-refractivity contribution in [3.05, 3.63) is 48.0 Å². The van der Waals surface area contributed by atoms with Crippen LogP contribution in [0.3, 0.4) is 0 Å². The summed E-state index contributed by atoms with van der Waals surface area (Å²) in [6.07, 6.45) is 0. The van der Waals surface area contributed by atoms with Crippen molar-refractivity contribution in [2.24, 2.45) is 0 Å². The maximum atomic E-state index is 5.44. The quantitative estimate of drug-likeness (QED) is 0.803. The molecule has 76 valence electrons. The number of benzene rings is 1. The summed E-state index contributed by atoms with van der Waals surface area (Å²) in [6.45, 7) is 0.501. The molecule has 0 atom stereocenters. The fourth-order valence-electron chi connectivity index (χ4n) is 1.12. The van der Waals surface area contributed by atoms with Crippen molar-refractivity contribution in [1.29, 1.82) is 0 Å². The van der Waals surface area contributed by atoms with E-state index in [-0.39, 0.29) is 0 Å². The zero-order valence-corrected chi connectivity index (χ0v) is 8.89. The summed E-state index contributed by atoms with van der Waals surface area (Å²) in [5.41, 5.74) is 1.11. The maximum Gasteiger partial charge on any atom is 0.233 e. The third kappa shape index (κ3) is 2.95. The molecule has 0 bridgehead atoms. The van der Waals surface area contributed by atoms with Crippen LogP contribution in [-0.4, -0.2) is 10.2 Å². The molecule has 0 aliphatic rings. The lowest BCUT2D eigenvalue weighted by Gasteiger charge is -2.03. The Morgan fingerprint density at radius 2 is 1.80 bits per heavy atom. The number of thiol groups is 1. The second kappa shape index (κ2) is 4.79. The highest BCUT2D eigenvalue weighted by molar-refractivity contribution is 7.80. The molecule has 2 rings (SSSR count). The summed E-state index contributed by atoms with van der Waals surface area (Å²) >= 11 is 4.04. The van der Waals surface area contributed by atoms with E-state index >= 15 is 0 Å². The van der Waals surface area contributed by atoms with Gasteiger partial charge in [-0.15, -0.1) is 22.8 Å². The minimum Gasteiger partial charge on any atom is -0.472 e. The molecular formula is C11H10N2OS. The van der Waals surface area contributed by atoms with Gasteiger partial charge in [-0.1, -0.05) is 30.3 Å². The molecule has 0 amide bonds. The van der Waals surface area contributed by atoms with Gasteiger partial charge in [0.25, 0.3) is 0 Å². The predicted molar refractivity (Wildman–Crippen MR) is 60.1 cm³/mol. The van der Waals surface area contributed by atoms with Crippen molar-refractivity contribution in [1.82, 2.24) is 10.2 Å². The van der Waals surface area contributed by atoms with E-state index in [4.69, 9.17) is 4.74 Å². The number of ether oxygens (including phenoxy) is 1. The largest absolute Gasteiger partial charge is 0.472 e. The highest BCUT2D eigenvalue weighted by atomic mass is 32.1. The van der Waals surface area contributed by atoms with Crippen LogP contribution in [-0.2, 0) is 6.61 Å². The van der Waals surface area contributed by atoms with E-state index in [1.807, 2.05) is 30.3 Å². The first-order chi connectivity index (χ1) is 7.34. The predicted octanol–water partition coefficient (Wildman–Crippen LogP) is 2.34. The van der Waals surface area contributed by atoms with Crippen LogP contribution in [0, 0.1) is 0 Å². The summed E-state index contributed by atoms with van der Waals surface area (Å²) in [5.74, 6) is 0.511. The lowest BCUT2D eigenvalue weighted by molar-refractivity contribution is 0.289. The van der Waals surface area contributed by atoms with Gasteiger partial charge < -0.3 is 4.74 Å². The van der Waals surface area contributed by atoms with Gasteiger partial charge in [0.1, 0.15) is 11.6 Å². The van der Waals surface area contributed by atoms with E-state index in [0.29, 0.717) is 17.5 Å². The molecule has 1 heterocycles. The van der Waals surface area contributed by atoms with Crippen molar-refractivity contribution in [2.75, 3.05) is 0 Å². The van der Waals surface area contributed by atoms with Crippen LogP contribution in [0.25, 0.3) is 0 Å². The summed E-state index contributed by atoms with van der Waals surface area (Å²) in [5, 5.41) is 8.21. The molecule has 0 N–H and O–H groups in total. The van der Waals surface area contributed by atoms with Crippen LogP contribution >= 0.6 is 12.6 Å². The van der Waals surface area contributed by atoms with Crippen LogP contribution < -0.4 is 4.74 Å². The Bertz CT molecular complexity index is 416. The average molecular weight is 218 g/mol. The van der Waals surface area contributed by atoms with Gasteiger partial charge in [-0.2, -0.15) is 0 Å². The Labute approximate surface area is 93.5 Å². The van der Waals surface area contributed by atoms with Gasteiger partial charge in [0.05, 0.1) is 0 Å². The molecule has 0 aliphatic heterocycles. The van der Waals surface area contributed by atoms with Gasteiger partial charge in [0.15, 0.2) is 0 Å². The van der Waals surface area contributed by atoms with Crippen LogP contribution in [0.4, 0.5) is 0 Å². The van der Waals surface area contributed by atoms with Gasteiger partial charge in [-0.05, 0) is 11.6 Å². The second-order valence-electron chi connectivity index (χ2n) is 3.00. The fourth-order valence-corrected chi connectivity index (χ4v) is 1.24. The first-order valence-electron chi connectivity index (χ1n) is 4.54.